The summed E-state index contributed by atoms with van der Waals surface area (Å²) in [5.74, 6) is -0.762. The number of rotatable bonds is 4. The number of nitrogens with two attached hydrogens (primary N) is 1. The van der Waals surface area contributed by atoms with Gasteiger partial charge >= 0.3 is 6.03 Å². The Morgan fingerprint density at radius 1 is 0.812 bits per heavy atom. The summed E-state index contributed by atoms with van der Waals surface area (Å²) < 4.78 is 27.0. The van der Waals surface area contributed by atoms with Gasteiger partial charge in [0.15, 0.2) is 0 Å². The fraction of sp³-hybridized carbons (Fsp3) is 0.417. The van der Waals surface area contributed by atoms with Crippen molar-refractivity contribution in [3.8, 4) is 0 Å². The standard InChI is InChI=1S/C24H28F2N4O2/c25-20-7-3-17(4-8-20)22(18-5-9-21(26)10-6-18)28-12-14-29(15-13-28)23(31)19-2-1-11-30(16-19)24(27)32/h3-10,19,22H,1-2,11-16H2,(H2,27,32)/t19-/m1/s1. The van der Waals surface area contributed by atoms with Crippen LogP contribution in [-0.2, 0) is 4.79 Å². The van der Waals surface area contributed by atoms with Crippen molar-refractivity contribution in [2.24, 2.45) is 11.7 Å². The van der Waals surface area contributed by atoms with E-state index in [1.165, 1.54) is 24.3 Å². The highest BCUT2D eigenvalue weighted by Crippen LogP contribution is 2.30. The third-order valence-electron chi connectivity index (χ3n) is 6.44. The molecule has 0 aromatic heterocycles. The molecule has 6 nitrogen and oxygen atoms in total. The van der Waals surface area contributed by atoms with Crippen LogP contribution in [0.3, 0.4) is 0 Å². The highest BCUT2D eigenvalue weighted by molar-refractivity contribution is 5.80. The minimum absolute atomic E-state index is 0.0655. The fourth-order valence-electron chi connectivity index (χ4n) is 4.74. The topological polar surface area (TPSA) is 69.9 Å². The third kappa shape index (κ3) is 4.91. The van der Waals surface area contributed by atoms with Crippen molar-refractivity contribution >= 4 is 11.9 Å². The van der Waals surface area contributed by atoms with E-state index in [4.69, 9.17) is 5.73 Å². The second-order valence-corrected chi connectivity index (χ2v) is 8.49. The lowest BCUT2D eigenvalue weighted by atomic mass is 9.95. The van der Waals surface area contributed by atoms with Crippen LogP contribution in [0.4, 0.5) is 13.6 Å². The fourth-order valence-corrected chi connectivity index (χ4v) is 4.74. The van der Waals surface area contributed by atoms with Gasteiger partial charge in [-0.25, -0.2) is 13.6 Å². The summed E-state index contributed by atoms with van der Waals surface area (Å²) in [5.41, 5.74) is 7.23. The summed E-state index contributed by atoms with van der Waals surface area (Å²) in [6.45, 7) is 3.37. The van der Waals surface area contributed by atoms with Gasteiger partial charge in [0, 0.05) is 39.3 Å². The van der Waals surface area contributed by atoms with Crippen molar-refractivity contribution in [1.29, 1.82) is 0 Å². The molecule has 2 fully saturated rings. The second-order valence-electron chi connectivity index (χ2n) is 8.49. The Labute approximate surface area is 186 Å². The van der Waals surface area contributed by atoms with Crippen LogP contribution >= 0.6 is 0 Å². The molecule has 1 atom stereocenters. The van der Waals surface area contributed by atoms with Gasteiger partial charge in [0.25, 0.3) is 0 Å². The van der Waals surface area contributed by atoms with Crippen LogP contribution in [-0.4, -0.2) is 65.9 Å². The Morgan fingerprint density at radius 2 is 1.34 bits per heavy atom. The average Bonchev–Trinajstić information content (AvgIpc) is 2.82. The van der Waals surface area contributed by atoms with Crippen molar-refractivity contribution in [1.82, 2.24) is 14.7 Å². The molecule has 4 rings (SSSR count). The van der Waals surface area contributed by atoms with Crippen LogP contribution in [0.1, 0.15) is 30.0 Å². The maximum Gasteiger partial charge on any atom is 0.314 e. The predicted molar refractivity (Wildman–Crippen MR) is 117 cm³/mol. The molecule has 0 spiro atoms. The summed E-state index contributed by atoms with van der Waals surface area (Å²) in [7, 11) is 0. The van der Waals surface area contributed by atoms with E-state index in [1.807, 2.05) is 4.90 Å². The van der Waals surface area contributed by atoms with E-state index in [2.05, 4.69) is 4.90 Å². The summed E-state index contributed by atoms with van der Waals surface area (Å²) in [5, 5.41) is 0. The van der Waals surface area contributed by atoms with E-state index in [9.17, 15) is 18.4 Å². The van der Waals surface area contributed by atoms with Crippen molar-refractivity contribution in [3.63, 3.8) is 0 Å². The first-order chi connectivity index (χ1) is 15.4. The number of hydrogen-bond acceptors (Lipinski definition) is 3. The largest absolute Gasteiger partial charge is 0.351 e. The lowest BCUT2D eigenvalue weighted by Crippen LogP contribution is -2.54. The summed E-state index contributed by atoms with van der Waals surface area (Å²) in [4.78, 5) is 30.2. The van der Waals surface area contributed by atoms with Crippen LogP contribution in [0.2, 0.25) is 0 Å². The van der Waals surface area contributed by atoms with E-state index < -0.39 is 6.03 Å². The Bertz CT molecular complexity index is 898. The number of piperidine rings is 1. The molecule has 2 saturated heterocycles. The van der Waals surface area contributed by atoms with Crippen LogP contribution < -0.4 is 5.73 Å². The summed E-state index contributed by atoms with van der Waals surface area (Å²) >= 11 is 0. The predicted octanol–water partition coefficient (Wildman–Crippen LogP) is 2.99. The Balaban J connectivity index is 1.46. The maximum absolute atomic E-state index is 13.5. The smallest absolute Gasteiger partial charge is 0.314 e. The molecule has 0 radical (unpaired) electrons. The number of benzene rings is 2. The van der Waals surface area contributed by atoms with Crippen LogP contribution in [0.5, 0.6) is 0 Å². The van der Waals surface area contributed by atoms with Crippen molar-refractivity contribution in [3.05, 3.63) is 71.3 Å². The monoisotopic (exact) mass is 442 g/mol. The highest BCUT2D eigenvalue weighted by Gasteiger charge is 2.33. The number of likely N-dealkylation sites (tertiary alicyclic amines) is 1. The molecule has 0 saturated carbocycles. The zero-order valence-electron chi connectivity index (χ0n) is 17.9. The Morgan fingerprint density at radius 3 is 1.84 bits per heavy atom. The zero-order chi connectivity index (χ0) is 22.7. The third-order valence-corrected chi connectivity index (χ3v) is 6.44. The van der Waals surface area contributed by atoms with E-state index >= 15 is 0 Å². The first kappa shape index (κ1) is 22.2. The lowest BCUT2D eigenvalue weighted by molar-refractivity contribution is -0.138. The maximum atomic E-state index is 13.5. The van der Waals surface area contributed by atoms with Gasteiger partial charge in [0.1, 0.15) is 11.6 Å². The molecule has 2 heterocycles. The molecule has 0 unspecified atom stereocenters. The number of nitrogens with zero attached hydrogens (tertiary/aromatic N) is 3. The molecule has 2 aliphatic rings. The van der Waals surface area contributed by atoms with Crippen LogP contribution in [0.15, 0.2) is 48.5 Å². The van der Waals surface area contributed by atoms with E-state index in [0.717, 1.165) is 24.0 Å². The number of carbonyl (C=O) groups is 2. The molecule has 32 heavy (non-hydrogen) atoms. The average molecular weight is 443 g/mol. The minimum atomic E-state index is -0.478. The second kappa shape index (κ2) is 9.65. The molecule has 0 aliphatic carbocycles. The van der Waals surface area contributed by atoms with E-state index in [0.29, 0.717) is 39.3 Å². The molecule has 3 amide bonds. The van der Waals surface area contributed by atoms with Gasteiger partial charge in [-0.1, -0.05) is 24.3 Å². The van der Waals surface area contributed by atoms with Gasteiger partial charge in [-0.2, -0.15) is 0 Å². The SMILES string of the molecule is NC(=O)N1CCC[C@@H](C(=O)N2CCN(C(c3ccc(F)cc3)c3ccc(F)cc3)CC2)C1. The molecular formula is C24H28F2N4O2. The van der Waals surface area contributed by atoms with E-state index in [1.54, 1.807) is 29.2 Å². The molecule has 2 aromatic carbocycles. The van der Waals surface area contributed by atoms with Gasteiger partial charge < -0.3 is 15.5 Å². The molecular weight excluding hydrogens is 414 g/mol. The van der Waals surface area contributed by atoms with Gasteiger partial charge in [-0.15, -0.1) is 0 Å². The minimum Gasteiger partial charge on any atom is -0.351 e. The summed E-state index contributed by atoms with van der Waals surface area (Å²) in [6, 6.07) is 12.1. The first-order valence-corrected chi connectivity index (χ1v) is 11.0. The molecule has 8 heteroatoms. The number of carbonyl (C=O) groups excluding carboxylic acids is 2. The quantitative estimate of drug-likeness (QED) is 0.792. The van der Waals surface area contributed by atoms with Crippen LogP contribution in [0, 0.1) is 17.6 Å². The Kier molecular flexibility index (Phi) is 6.69. The molecule has 2 aliphatic heterocycles. The number of halogens is 2. The lowest BCUT2D eigenvalue weighted by Gasteiger charge is -2.41. The highest BCUT2D eigenvalue weighted by atomic mass is 19.1. The van der Waals surface area contributed by atoms with Crippen LogP contribution in [0.25, 0.3) is 0 Å². The van der Waals surface area contributed by atoms with Gasteiger partial charge in [-0.05, 0) is 48.2 Å². The van der Waals surface area contributed by atoms with Gasteiger partial charge in [0.2, 0.25) is 5.91 Å². The number of piperazine rings is 1. The normalized spacial score (nSPS) is 19.9. The Hall–Kier alpha value is -3.00. The number of amides is 3. The molecule has 2 aromatic rings. The zero-order valence-corrected chi connectivity index (χ0v) is 17.9. The summed E-state index contributed by atoms with van der Waals surface area (Å²) in [6.07, 6.45) is 1.53. The van der Waals surface area contributed by atoms with Crippen molar-refractivity contribution < 1.29 is 18.4 Å². The molecule has 2 N–H and O–H groups in total. The number of urea groups is 1. The van der Waals surface area contributed by atoms with Crippen molar-refractivity contribution in [2.45, 2.75) is 18.9 Å². The molecule has 170 valence electrons. The van der Waals surface area contributed by atoms with Gasteiger partial charge in [-0.3, -0.25) is 9.69 Å². The number of hydrogen-bond donors (Lipinski definition) is 1. The van der Waals surface area contributed by atoms with E-state index in [-0.39, 0.29) is 29.5 Å². The van der Waals surface area contributed by atoms with Gasteiger partial charge in [0.05, 0.1) is 12.0 Å². The molecule has 0 bridgehead atoms. The first-order valence-electron chi connectivity index (χ1n) is 11.0. The van der Waals surface area contributed by atoms with Crippen molar-refractivity contribution in [2.75, 3.05) is 39.3 Å². The number of primary amides is 1.